The fourth-order valence-electron chi connectivity index (χ4n) is 1.08. The third-order valence-corrected chi connectivity index (χ3v) is 1.79. The van der Waals surface area contributed by atoms with Crippen LogP contribution >= 0.6 is 12.4 Å². The van der Waals surface area contributed by atoms with Crippen molar-refractivity contribution in [1.29, 1.82) is 0 Å². The zero-order chi connectivity index (χ0) is 10.6. The van der Waals surface area contributed by atoms with Crippen molar-refractivity contribution in [3.8, 4) is 0 Å². The van der Waals surface area contributed by atoms with Gasteiger partial charge in [0.2, 0.25) is 5.91 Å². The van der Waals surface area contributed by atoms with Gasteiger partial charge in [0.15, 0.2) is 0 Å². The van der Waals surface area contributed by atoms with Crippen LogP contribution in [0.1, 0.15) is 12.5 Å². The summed E-state index contributed by atoms with van der Waals surface area (Å²) < 4.78 is 0. The van der Waals surface area contributed by atoms with Crippen molar-refractivity contribution >= 4 is 24.4 Å². The van der Waals surface area contributed by atoms with Crippen LogP contribution in [0.25, 0.3) is 0 Å². The maximum atomic E-state index is 10.9. The fraction of sp³-hybridized carbons (Fsp3) is 0.200. The molecule has 82 valence electrons. The van der Waals surface area contributed by atoms with Gasteiger partial charge in [0, 0.05) is 6.92 Å². The summed E-state index contributed by atoms with van der Waals surface area (Å²) in [6.45, 7) is 1.34. The molecule has 0 spiro atoms. The zero-order valence-corrected chi connectivity index (χ0v) is 9.03. The van der Waals surface area contributed by atoms with E-state index in [0.717, 1.165) is 10.5 Å². The predicted octanol–water partition coefficient (Wildman–Crippen LogP) is 2.13. The summed E-state index contributed by atoms with van der Waals surface area (Å²) in [6, 6.07) is 8.99. The first-order valence-electron chi connectivity index (χ1n) is 4.16. The van der Waals surface area contributed by atoms with Crippen molar-refractivity contribution in [2.45, 2.75) is 13.5 Å². The summed E-state index contributed by atoms with van der Waals surface area (Å²) in [7, 11) is 0. The summed E-state index contributed by atoms with van der Waals surface area (Å²) in [5.41, 5.74) is 0.796. The van der Waals surface area contributed by atoms with E-state index < -0.39 is 12.0 Å². The molecule has 1 aromatic carbocycles. The molecular formula is C10H12ClNO3. The van der Waals surface area contributed by atoms with Crippen molar-refractivity contribution in [2.24, 2.45) is 0 Å². The Morgan fingerprint density at radius 3 is 2.20 bits per heavy atom. The number of amides is 2. The Balaban J connectivity index is 0.00000196. The molecule has 0 aliphatic rings. The van der Waals surface area contributed by atoms with Crippen molar-refractivity contribution < 1.29 is 14.7 Å². The maximum absolute atomic E-state index is 10.9. The van der Waals surface area contributed by atoms with Crippen LogP contribution in [-0.4, -0.2) is 22.0 Å². The molecule has 2 amide bonds. The standard InChI is InChI=1S/C10H11NO3.ClH/c1-8(12)11(10(13)14)7-9-5-3-2-4-6-9;/h2-6H,7H2,1H3,(H,13,14);1H. The number of carboxylic acid groups (broad SMARTS) is 1. The van der Waals surface area contributed by atoms with Crippen LogP contribution in [0.2, 0.25) is 0 Å². The molecule has 0 saturated carbocycles. The Hall–Kier alpha value is -1.55. The highest BCUT2D eigenvalue weighted by atomic mass is 35.5. The van der Waals surface area contributed by atoms with Crippen molar-refractivity contribution in [3.05, 3.63) is 35.9 Å². The second kappa shape index (κ2) is 6.03. The van der Waals surface area contributed by atoms with E-state index in [2.05, 4.69) is 0 Å². The molecule has 0 bridgehead atoms. The molecule has 0 heterocycles. The largest absolute Gasteiger partial charge is 0.465 e. The molecule has 0 atom stereocenters. The first-order valence-corrected chi connectivity index (χ1v) is 4.16. The highest BCUT2D eigenvalue weighted by molar-refractivity contribution is 5.89. The minimum Gasteiger partial charge on any atom is -0.465 e. The lowest BCUT2D eigenvalue weighted by Gasteiger charge is -2.14. The molecule has 0 saturated heterocycles. The molecule has 4 nitrogen and oxygen atoms in total. The van der Waals surface area contributed by atoms with E-state index in [1.807, 2.05) is 6.07 Å². The van der Waals surface area contributed by atoms with Crippen LogP contribution in [0.4, 0.5) is 4.79 Å². The van der Waals surface area contributed by atoms with E-state index in [1.165, 1.54) is 6.92 Å². The summed E-state index contributed by atoms with van der Waals surface area (Å²) in [5.74, 6) is -0.471. The van der Waals surface area contributed by atoms with Gasteiger partial charge in [-0.1, -0.05) is 30.3 Å². The van der Waals surface area contributed by atoms with E-state index in [0.29, 0.717) is 0 Å². The minimum absolute atomic E-state index is 0. The Labute approximate surface area is 93.9 Å². The van der Waals surface area contributed by atoms with Gasteiger partial charge in [0.25, 0.3) is 0 Å². The van der Waals surface area contributed by atoms with Crippen molar-refractivity contribution in [1.82, 2.24) is 4.90 Å². The Morgan fingerprint density at radius 2 is 1.80 bits per heavy atom. The maximum Gasteiger partial charge on any atom is 0.414 e. The fourth-order valence-corrected chi connectivity index (χ4v) is 1.08. The van der Waals surface area contributed by atoms with Gasteiger partial charge in [-0.25, -0.2) is 9.69 Å². The van der Waals surface area contributed by atoms with Crippen LogP contribution in [0.3, 0.4) is 0 Å². The van der Waals surface area contributed by atoms with Gasteiger partial charge < -0.3 is 5.11 Å². The Morgan fingerprint density at radius 1 is 1.27 bits per heavy atom. The molecule has 1 aromatic rings. The minimum atomic E-state index is -1.22. The third-order valence-electron chi connectivity index (χ3n) is 1.79. The van der Waals surface area contributed by atoms with Crippen LogP contribution in [0, 0.1) is 0 Å². The van der Waals surface area contributed by atoms with E-state index in [9.17, 15) is 9.59 Å². The topological polar surface area (TPSA) is 57.6 Å². The molecule has 0 radical (unpaired) electrons. The molecular weight excluding hydrogens is 218 g/mol. The third kappa shape index (κ3) is 3.99. The zero-order valence-electron chi connectivity index (χ0n) is 8.21. The molecule has 1 N–H and O–H groups in total. The SMILES string of the molecule is CC(=O)N(Cc1ccccc1)C(=O)O.Cl. The van der Waals surface area contributed by atoms with Gasteiger partial charge >= 0.3 is 6.09 Å². The van der Waals surface area contributed by atoms with Gasteiger partial charge in [-0.05, 0) is 5.56 Å². The monoisotopic (exact) mass is 229 g/mol. The quantitative estimate of drug-likeness (QED) is 0.845. The Kier molecular flexibility index (Phi) is 5.41. The first kappa shape index (κ1) is 13.4. The van der Waals surface area contributed by atoms with E-state index >= 15 is 0 Å². The van der Waals surface area contributed by atoms with E-state index in [4.69, 9.17) is 5.11 Å². The number of hydrogen-bond donors (Lipinski definition) is 1. The van der Waals surface area contributed by atoms with Gasteiger partial charge in [0.1, 0.15) is 0 Å². The number of benzene rings is 1. The second-order valence-corrected chi connectivity index (χ2v) is 2.87. The highest BCUT2D eigenvalue weighted by Crippen LogP contribution is 2.04. The van der Waals surface area contributed by atoms with Crippen LogP contribution in [0.5, 0.6) is 0 Å². The van der Waals surface area contributed by atoms with Gasteiger partial charge in [-0.15, -0.1) is 12.4 Å². The smallest absolute Gasteiger partial charge is 0.414 e. The van der Waals surface area contributed by atoms with Gasteiger partial charge in [-0.3, -0.25) is 4.79 Å². The van der Waals surface area contributed by atoms with Gasteiger partial charge in [0.05, 0.1) is 6.54 Å². The molecule has 15 heavy (non-hydrogen) atoms. The lowest BCUT2D eigenvalue weighted by atomic mass is 10.2. The number of halogens is 1. The summed E-state index contributed by atoms with van der Waals surface area (Å²) in [4.78, 5) is 22.4. The average Bonchev–Trinajstić information content (AvgIpc) is 2.15. The van der Waals surface area contributed by atoms with Crippen molar-refractivity contribution in [3.63, 3.8) is 0 Å². The average molecular weight is 230 g/mol. The normalized spacial score (nSPS) is 8.87. The number of carbonyl (C=O) groups excluding carboxylic acids is 1. The summed E-state index contributed by atoms with van der Waals surface area (Å²) in [6.07, 6.45) is -1.22. The number of rotatable bonds is 2. The van der Waals surface area contributed by atoms with Crippen LogP contribution in [0.15, 0.2) is 30.3 Å². The molecule has 5 heteroatoms. The molecule has 0 aromatic heterocycles. The second-order valence-electron chi connectivity index (χ2n) is 2.87. The molecule has 0 aliphatic carbocycles. The molecule has 0 fully saturated rings. The Bertz CT molecular complexity index is 326. The number of carbonyl (C=O) groups is 2. The van der Waals surface area contributed by atoms with E-state index in [-0.39, 0.29) is 19.0 Å². The molecule has 0 aliphatic heterocycles. The number of hydrogen-bond acceptors (Lipinski definition) is 2. The van der Waals surface area contributed by atoms with Crippen LogP contribution < -0.4 is 0 Å². The predicted molar refractivity (Wildman–Crippen MR) is 57.9 cm³/mol. The van der Waals surface area contributed by atoms with E-state index in [1.54, 1.807) is 24.3 Å². The summed E-state index contributed by atoms with van der Waals surface area (Å²) >= 11 is 0. The number of nitrogens with zero attached hydrogens (tertiary/aromatic N) is 1. The lowest BCUT2D eigenvalue weighted by molar-refractivity contribution is -0.127. The highest BCUT2D eigenvalue weighted by Gasteiger charge is 2.16. The number of imide groups is 1. The van der Waals surface area contributed by atoms with Gasteiger partial charge in [-0.2, -0.15) is 0 Å². The summed E-state index contributed by atoms with van der Waals surface area (Å²) in [5, 5.41) is 8.71. The molecule has 1 rings (SSSR count). The first-order chi connectivity index (χ1) is 6.61. The lowest BCUT2D eigenvalue weighted by Crippen LogP contribution is -2.33. The van der Waals surface area contributed by atoms with Crippen LogP contribution in [-0.2, 0) is 11.3 Å². The molecule has 0 unspecified atom stereocenters. The van der Waals surface area contributed by atoms with Crippen molar-refractivity contribution in [2.75, 3.05) is 0 Å².